The molecule has 7 nitrogen and oxygen atoms in total. The number of hydrogen-bond acceptors (Lipinski definition) is 4. The Morgan fingerprint density at radius 3 is 2.45 bits per heavy atom. The molecule has 1 aromatic heterocycles. The summed E-state index contributed by atoms with van der Waals surface area (Å²) in [6.45, 7) is 8.80. The van der Waals surface area contributed by atoms with Gasteiger partial charge in [0, 0.05) is 32.8 Å². The molecule has 0 saturated heterocycles. The van der Waals surface area contributed by atoms with Crippen LogP contribution in [-0.2, 0) is 22.5 Å². The Kier molecular flexibility index (Phi) is 10.6. The number of amides is 3. The van der Waals surface area contributed by atoms with Crippen molar-refractivity contribution < 1.29 is 18.7 Å². The molecule has 1 aromatic carbocycles. The lowest BCUT2D eigenvalue weighted by molar-refractivity contribution is -0.132. The highest BCUT2D eigenvalue weighted by Crippen LogP contribution is 2.12. The second-order valence-corrected chi connectivity index (χ2v) is 7.37. The Hall–Kier alpha value is -2.80. The van der Waals surface area contributed by atoms with E-state index in [2.05, 4.69) is 17.4 Å². The zero-order valence-corrected chi connectivity index (χ0v) is 18.9. The highest BCUT2D eigenvalue weighted by atomic mass is 16.5. The molecule has 2 rings (SSSR count). The first-order chi connectivity index (χ1) is 15.0. The third kappa shape index (κ3) is 8.84. The molecule has 1 N–H and O–H groups in total. The molecule has 31 heavy (non-hydrogen) atoms. The van der Waals surface area contributed by atoms with E-state index in [1.807, 2.05) is 51.1 Å². The molecule has 0 fully saturated rings. The molecule has 3 amide bonds. The maximum atomic E-state index is 13.2. The molecular weight excluding hydrogens is 394 g/mol. The zero-order chi connectivity index (χ0) is 22.5. The third-order valence-electron chi connectivity index (χ3n) is 4.87. The van der Waals surface area contributed by atoms with E-state index in [0.29, 0.717) is 45.8 Å². The minimum absolute atomic E-state index is 0.0203. The van der Waals surface area contributed by atoms with Gasteiger partial charge in [-0.25, -0.2) is 4.79 Å². The fourth-order valence-electron chi connectivity index (χ4n) is 3.24. The van der Waals surface area contributed by atoms with Gasteiger partial charge in [-0.05, 0) is 51.3 Å². The van der Waals surface area contributed by atoms with Crippen molar-refractivity contribution in [3.63, 3.8) is 0 Å². The van der Waals surface area contributed by atoms with Gasteiger partial charge in [-0.3, -0.25) is 4.79 Å². The van der Waals surface area contributed by atoms with Gasteiger partial charge in [-0.1, -0.05) is 30.3 Å². The Balaban J connectivity index is 2.06. The van der Waals surface area contributed by atoms with Crippen LogP contribution >= 0.6 is 0 Å². The molecule has 0 bridgehead atoms. The van der Waals surface area contributed by atoms with Crippen LogP contribution in [0.1, 0.15) is 37.4 Å². The van der Waals surface area contributed by atoms with Gasteiger partial charge in [-0.2, -0.15) is 0 Å². The van der Waals surface area contributed by atoms with Gasteiger partial charge in [0.1, 0.15) is 18.1 Å². The van der Waals surface area contributed by atoms with Gasteiger partial charge in [0.15, 0.2) is 0 Å². The van der Waals surface area contributed by atoms with Crippen LogP contribution in [0.2, 0.25) is 0 Å². The minimum Gasteiger partial charge on any atom is -0.464 e. The molecular formula is C24H35N3O4. The van der Waals surface area contributed by atoms with Crippen molar-refractivity contribution in [2.24, 2.45) is 0 Å². The second kappa shape index (κ2) is 13.5. The van der Waals surface area contributed by atoms with Crippen LogP contribution in [0.15, 0.2) is 46.9 Å². The van der Waals surface area contributed by atoms with E-state index in [0.717, 1.165) is 23.5 Å². The van der Waals surface area contributed by atoms with Crippen molar-refractivity contribution in [3.05, 3.63) is 59.5 Å². The summed E-state index contributed by atoms with van der Waals surface area (Å²) in [4.78, 5) is 29.0. The van der Waals surface area contributed by atoms with E-state index in [-0.39, 0.29) is 18.5 Å². The highest BCUT2D eigenvalue weighted by Gasteiger charge is 2.22. The van der Waals surface area contributed by atoms with Gasteiger partial charge in [0.25, 0.3) is 0 Å². The van der Waals surface area contributed by atoms with Gasteiger partial charge in [0.2, 0.25) is 5.91 Å². The summed E-state index contributed by atoms with van der Waals surface area (Å²) in [7, 11) is 0. The molecule has 0 unspecified atom stereocenters. The van der Waals surface area contributed by atoms with Gasteiger partial charge >= 0.3 is 6.03 Å². The molecule has 0 spiro atoms. The number of carbonyl (C=O) groups excluding carboxylic acids is 2. The van der Waals surface area contributed by atoms with E-state index in [9.17, 15) is 9.59 Å². The van der Waals surface area contributed by atoms with Crippen LogP contribution in [-0.4, -0.2) is 61.1 Å². The first-order valence-corrected chi connectivity index (χ1v) is 11.0. The third-order valence-corrected chi connectivity index (χ3v) is 4.87. The smallest absolute Gasteiger partial charge is 0.317 e. The minimum atomic E-state index is -0.232. The second-order valence-electron chi connectivity index (χ2n) is 7.37. The molecule has 1 heterocycles. The summed E-state index contributed by atoms with van der Waals surface area (Å²) >= 11 is 0. The van der Waals surface area contributed by atoms with Gasteiger partial charge in [-0.15, -0.1) is 0 Å². The van der Waals surface area contributed by atoms with Crippen LogP contribution in [0.4, 0.5) is 4.79 Å². The number of nitrogens with one attached hydrogen (secondary N) is 1. The van der Waals surface area contributed by atoms with E-state index in [4.69, 9.17) is 9.15 Å². The lowest BCUT2D eigenvalue weighted by atomic mass is 10.1. The first-order valence-electron chi connectivity index (χ1n) is 11.0. The van der Waals surface area contributed by atoms with Crippen molar-refractivity contribution in [1.29, 1.82) is 0 Å². The lowest BCUT2D eigenvalue weighted by Crippen LogP contribution is -2.47. The lowest BCUT2D eigenvalue weighted by Gasteiger charge is -2.27. The molecule has 7 heteroatoms. The van der Waals surface area contributed by atoms with Crippen molar-refractivity contribution in [2.75, 3.05) is 39.4 Å². The SMILES string of the molecule is CCNC(=O)N(CCCOCC)CC(=O)N(CCc1ccccc1)Cc1ccc(C)o1. The first kappa shape index (κ1) is 24.5. The van der Waals surface area contributed by atoms with E-state index < -0.39 is 0 Å². The van der Waals surface area contributed by atoms with E-state index >= 15 is 0 Å². The molecule has 0 aliphatic carbocycles. The zero-order valence-electron chi connectivity index (χ0n) is 18.9. The van der Waals surface area contributed by atoms with E-state index in [1.165, 1.54) is 0 Å². The summed E-state index contributed by atoms with van der Waals surface area (Å²) in [6.07, 6.45) is 1.41. The van der Waals surface area contributed by atoms with Crippen LogP contribution < -0.4 is 5.32 Å². The molecule has 0 atom stereocenters. The fraction of sp³-hybridized carbons (Fsp3) is 0.500. The summed E-state index contributed by atoms with van der Waals surface area (Å²) in [5.74, 6) is 1.44. The molecule has 0 aliphatic heterocycles. The average Bonchev–Trinajstić information content (AvgIpc) is 3.18. The Morgan fingerprint density at radius 2 is 1.81 bits per heavy atom. The number of benzene rings is 1. The standard InChI is InChI=1S/C24H35N3O4/c1-4-25-24(29)27(15-9-17-30-5-2)19-23(28)26(18-22-13-12-20(3)31-22)16-14-21-10-7-6-8-11-21/h6-8,10-13H,4-5,9,14-19H2,1-3H3,(H,25,29). The maximum Gasteiger partial charge on any atom is 0.317 e. The van der Waals surface area contributed by atoms with Crippen LogP contribution in [0.5, 0.6) is 0 Å². The molecule has 0 radical (unpaired) electrons. The van der Waals surface area contributed by atoms with E-state index in [1.54, 1.807) is 9.80 Å². The van der Waals surface area contributed by atoms with Gasteiger partial charge < -0.3 is 24.3 Å². The summed E-state index contributed by atoms with van der Waals surface area (Å²) in [5.41, 5.74) is 1.16. The summed E-state index contributed by atoms with van der Waals surface area (Å²) in [6, 6.07) is 13.6. The van der Waals surface area contributed by atoms with Crippen LogP contribution in [0.25, 0.3) is 0 Å². The molecule has 0 saturated carbocycles. The Labute approximate surface area is 185 Å². The number of aryl methyl sites for hydroxylation is 1. The largest absolute Gasteiger partial charge is 0.464 e. The number of rotatable bonds is 13. The molecule has 2 aromatic rings. The van der Waals surface area contributed by atoms with Crippen molar-refractivity contribution in [1.82, 2.24) is 15.1 Å². The molecule has 0 aliphatic rings. The topological polar surface area (TPSA) is 75.0 Å². The number of carbonyl (C=O) groups is 2. The average molecular weight is 430 g/mol. The van der Waals surface area contributed by atoms with Crippen LogP contribution in [0, 0.1) is 6.92 Å². The Bertz CT molecular complexity index is 791. The van der Waals surface area contributed by atoms with Crippen molar-refractivity contribution in [3.8, 4) is 0 Å². The predicted molar refractivity (Wildman–Crippen MR) is 121 cm³/mol. The fourth-order valence-corrected chi connectivity index (χ4v) is 3.24. The predicted octanol–water partition coefficient (Wildman–Crippen LogP) is 3.62. The van der Waals surface area contributed by atoms with Gasteiger partial charge in [0.05, 0.1) is 6.54 Å². The molecule has 170 valence electrons. The highest BCUT2D eigenvalue weighted by molar-refractivity contribution is 5.84. The van der Waals surface area contributed by atoms with Crippen molar-refractivity contribution in [2.45, 2.75) is 40.2 Å². The quantitative estimate of drug-likeness (QED) is 0.494. The van der Waals surface area contributed by atoms with Crippen LogP contribution in [0.3, 0.4) is 0 Å². The number of furan rings is 1. The Morgan fingerprint density at radius 1 is 1.03 bits per heavy atom. The number of ether oxygens (including phenoxy) is 1. The normalized spacial score (nSPS) is 10.7. The summed E-state index contributed by atoms with van der Waals surface area (Å²) < 4.78 is 11.1. The number of urea groups is 1. The van der Waals surface area contributed by atoms with Crippen molar-refractivity contribution >= 4 is 11.9 Å². The summed E-state index contributed by atoms with van der Waals surface area (Å²) in [5, 5.41) is 2.80. The number of nitrogens with zero attached hydrogens (tertiary/aromatic N) is 2. The maximum absolute atomic E-state index is 13.2. The monoisotopic (exact) mass is 429 g/mol. The number of hydrogen-bond donors (Lipinski definition) is 1.